The highest BCUT2D eigenvalue weighted by Gasteiger charge is 2.39. The van der Waals surface area contributed by atoms with Crippen molar-refractivity contribution in [2.75, 3.05) is 26.0 Å². The fraction of sp³-hybridized carbons (Fsp3) is 0.387. The van der Waals surface area contributed by atoms with E-state index in [4.69, 9.17) is 19.6 Å². The largest absolute Gasteiger partial charge is 0.493 e. The molecular formula is C31H40N2O4SSi. The number of hydrogen-bond donors (Lipinski definition) is 1. The van der Waals surface area contributed by atoms with Gasteiger partial charge in [-0.1, -0.05) is 63.2 Å². The summed E-state index contributed by atoms with van der Waals surface area (Å²) in [7, 11) is -0.436. The van der Waals surface area contributed by atoms with Crippen LogP contribution in [0.1, 0.15) is 48.0 Å². The first-order chi connectivity index (χ1) is 18.5. The number of rotatable bonds is 9. The highest BCUT2D eigenvalue weighted by Crippen LogP contribution is 2.39. The van der Waals surface area contributed by atoms with Crippen molar-refractivity contribution in [3.8, 4) is 11.5 Å². The number of anilines is 1. The van der Waals surface area contributed by atoms with Gasteiger partial charge >= 0.3 is 0 Å². The first-order valence-electron chi connectivity index (χ1n) is 13.3. The number of methoxy groups -OCH3 is 1. The number of nitrogen functional groups attached to an aromatic ring is 1. The van der Waals surface area contributed by atoms with Gasteiger partial charge in [0.1, 0.15) is 6.61 Å². The van der Waals surface area contributed by atoms with E-state index in [9.17, 15) is 4.79 Å². The molecule has 1 aliphatic heterocycles. The Balaban J connectivity index is 1.59. The Hall–Kier alpha value is -3.07. The molecule has 1 amide bonds. The molecule has 1 atom stereocenters. The molecule has 0 saturated heterocycles. The zero-order valence-electron chi connectivity index (χ0n) is 23.8. The van der Waals surface area contributed by atoms with E-state index in [-0.39, 0.29) is 17.0 Å². The second-order valence-electron chi connectivity index (χ2n) is 11.5. The monoisotopic (exact) mass is 564 g/mol. The van der Waals surface area contributed by atoms with Crippen molar-refractivity contribution in [1.29, 1.82) is 0 Å². The number of nitrogens with zero attached hydrogens (tertiary/aromatic N) is 1. The minimum Gasteiger partial charge on any atom is -0.493 e. The number of carbonyl (C=O) groups is 1. The molecule has 1 aliphatic rings. The quantitative estimate of drug-likeness (QED) is 0.219. The number of carbonyl (C=O) groups excluding carboxylic acids is 1. The van der Waals surface area contributed by atoms with Gasteiger partial charge in [0.25, 0.3) is 5.91 Å². The van der Waals surface area contributed by atoms with Crippen molar-refractivity contribution < 1.29 is 18.7 Å². The molecule has 0 unspecified atom stereocenters. The van der Waals surface area contributed by atoms with Crippen molar-refractivity contribution in [1.82, 2.24) is 4.90 Å². The normalized spacial score (nSPS) is 16.1. The summed E-state index contributed by atoms with van der Waals surface area (Å²) in [6, 6.07) is 17.4. The molecule has 0 fully saturated rings. The molecule has 8 heteroatoms. The summed E-state index contributed by atoms with van der Waals surface area (Å²) in [4.78, 5) is 17.1. The lowest BCUT2D eigenvalue weighted by atomic mass is 9.98. The van der Waals surface area contributed by atoms with Gasteiger partial charge in [0.05, 0.1) is 25.3 Å². The van der Waals surface area contributed by atoms with E-state index in [0.717, 1.165) is 12.0 Å². The molecule has 0 aliphatic carbocycles. The van der Waals surface area contributed by atoms with Crippen LogP contribution in [0.2, 0.25) is 18.1 Å². The second-order valence-corrected chi connectivity index (χ2v) is 17.2. The average molecular weight is 565 g/mol. The average Bonchev–Trinajstić information content (AvgIpc) is 3.45. The van der Waals surface area contributed by atoms with Gasteiger partial charge in [0.2, 0.25) is 0 Å². The van der Waals surface area contributed by atoms with E-state index in [0.29, 0.717) is 42.5 Å². The summed E-state index contributed by atoms with van der Waals surface area (Å²) in [6.07, 6.45) is 2.88. The summed E-state index contributed by atoms with van der Waals surface area (Å²) in [5, 5.41) is 2.17. The fourth-order valence-electron chi connectivity index (χ4n) is 4.31. The zero-order valence-corrected chi connectivity index (χ0v) is 25.6. The molecule has 2 heterocycles. The van der Waals surface area contributed by atoms with E-state index in [1.54, 1.807) is 30.6 Å². The molecule has 1 aromatic heterocycles. The van der Waals surface area contributed by atoms with Crippen LogP contribution in [0.15, 0.2) is 66.1 Å². The summed E-state index contributed by atoms with van der Waals surface area (Å²) in [5.74, 6) is 0.849. The van der Waals surface area contributed by atoms with Crippen LogP contribution in [0.4, 0.5) is 5.69 Å². The van der Waals surface area contributed by atoms with Crippen LogP contribution in [-0.2, 0) is 11.0 Å². The maximum absolute atomic E-state index is 14.0. The Labute approximate surface area is 237 Å². The van der Waals surface area contributed by atoms with Gasteiger partial charge in [0, 0.05) is 23.2 Å². The van der Waals surface area contributed by atoms with E-state index in [1.807, 2.05) is 35.2 Å². The lowest BCUT2D eigenvalue weighted by Gasteiger charge is -2.41. The molecule has 0 radical (unpaired) electrons. The van der Waals surface area contributed by atoms with Crippen LogP contribution in [0.25, 0.3) is 5.57 Å². The molecule has 0 bridgehead atoms. The predicted octanol–water partition coefficient (Wildman–Crippen LogP) is 7.24. The SMILES string of the molecule is COc1cc(C(=O)N2CC=C(c3cccs3)C[C@H]2CO[Si](C)(C)C(C)(C)C)c(N)cc1OCc1ccccc1. The molecule has 39 heavy (non-hydrogen) atoms. The lowest BCUT2D eigenvalue weighted by Crippen LogP contribution is -2.49. The molecule has 6 nitrogen and oxygen atoms in total. The van der Waals surface area contributed by atoms with Gasteiger partial charge < -0.3 is 24.5 Å². The standard InChI is InChI=1S/C31H40N2O4SSi/c1-31(2,3)39(5,6)37-21-24-17-23(29-13-10-16-38-29)14-15-33(24)30(34)25-18-27(35-4)28(19-26(25)32)36-20-22-11-8-7-9-12-22/h7-14,16,18-19,24H,15,17,20-21,32H2,1-6H3/t24-/m0/s1. The van der Waals surface area contributed by atoms with Crippen LogP contribution < -0.4 is 15.2 Å². The number of amides is 1. The van der Waals surface area contributed by atoms with Gasteiger partial charge in [-0.15, -0.1) is 11.3 Å². The fourth-order valence-corrected chi connectivity index (χ4v) is 6.13. The third kappa shape index (κ3) is 6.75. The number of ether oxygens (including phenoxy) is 2. The minimum atomic E-state index is -2.01. The van der Waals surface area contributed by atoms with Crippen molar-refractivity contribution in [3.63, 3.8) is 0 Å². The first kappa shape index (κ1) is 28.9. The smallest absolute Gasteiger partial charge is 0.256 e. The molecule has 2 aromatic carbocycles. The van der Waals surface area contributed by atoms with E-state index < -0.39 is 8.32 Å². The summed E-state index contributed by atoms with van der Waals surface area (Å²) < 4.78 is 18.2. The molecule has 0 saturated carbocycles. The number of benzene rings is 2. The number of thiophene rings is 1. The Bertz CT molecular complexity index is 1300. The van der Waals surface area contributed by atoms with Crippen LogP contribution in [0, 0.1) is 0 Å². The van der Waals surface area contributed by atoms with Crippen LogP contribution in [0.5, 0.6) is 11.5 Å². The molecule has 4 rings (SSSR count). The van der Waals surface area contributed by atoms with E-state index >= 15 is 0 Å². The molecule has 2 N–H and O–H groups in total. The molecule has 0 spiro atoms. The van der Waals surface area contributed by atoms with E-state index in [1.165, 1.54) is 10.5 Å². The van der Waals surface area contributed by atoms with Crippen LogP contribution in [0.3, 0.4) is 0 Å². The molecular weight excluding hydrogens is 525 g/mol. The second kappa shape index (κ2) is 12.0. The predicted molar refractivity (Wildman–Crippen MR) is 163 cm³/mol. The third-order valence-corrected chi connectivity index (χ3v) is 13.2. The van der Waals surface area contributed by atoms with Crippen molar-refractivity contribution in [3.05, 3.63) is 82.1 Å². The van der Waals surface area contributed by atoms with Crippen LogP contribution in [-0.4, -0.2) is 45.4 Å². The van der Waals surface area contributed by atoms with Crippen molar-refractivity contribution >= 4 is 36.8 Å². The lowest BCUT2D eigenvalue weighted by molar-refractivity contribution is 0.0628. The van der Waals surface area contributed by atoms with Crippen molar-refractivity contribution in [2.24, 2.45) is 0 Å². The molecule has 3 aromatic rings. The van der Waals surface area contributed by atoms with Crippen LogP contribution >= 0.6 is 11.3 Å². The summed E-state index contributed by atoms with van der Waals surface area (Å²) in [6.45, 7) is 12.5. The van der Waals surface area contributed by atoms with Gasteiger partial charge in [-0.3, -0.25) is 4.79 Å². The number of nitrogens with two attached hydrogens (primary N) is 1. The van der Waals surface area contributed by atoms with Gasteiger partial charge in [0.15, 0.2) is 19.8 Å². The zero-order chi connectivity index (χ0) is 28.2. The summed E-state index contributed by atoms with van der Waals surface area (Å²) in [5.41, 5.74) is 9.51. The van der Waals surface area contributed by atoms with E-state index in [2.05, 4.69) is 57.5 Å². The Kier molecular flexibility index (Phi) is 8.89. The van der Waals surface area contributed by atoms with Gasteiger partial charge in [-0.25, -0.2) is 0 Å². The Morgan fingerprint density at radius 2 is 1.85 bits per heavy atom. The maximum atomic E-state index is 14.0. The Morgan fingerprint density at radius 1 is 1.10 bits per heavy atom. The topological polar surface area (TPSA) is 74.0 Å². The number of hydrogen-bond acceptors (Lipinski definition) is 6. The Morgan fingerprint density at radius 3 is 2.49 bits per heavy atom. The highest BCUT2D eigenvalue weighted by molar-refractivity contribution is 7.11. The van der Waals surface area contributed by atoms with Crippen molar-refractivity contribution in [2.45, 2.75) is 58.0 Å². The highest BCUT2D eigenvalue weighted by atomic mass is 32.1. The molecule has 208 valence electrons. The summed E-state index contributed by atoms with van der Waals surface area (Å²) >= 11 is 1.72. The maximum Gasteiger partial charge on any atom is 0.256 e. The van der Waals surface area contributed by atoms with Gasteiger partial charge in [-0.05, 0) is 53.2 Å². The third-order valence-electron chi connectivity index (χ3n) is 7.78. The first-order valence-corrected chi connectivity index (χ1v) is 17.1. The minimum absolute atomic E-state index is 0.0797. The van der Waals surface area contributed by atoms with Gasteiger partial charge in [-0.2, -0.15) is 0 Å².